The highest BCUT2D eigenvalue weighted by molar-refractivity contribution is 7.99. The first-order valence-electron chi connectivity index (χ1n) is 12.2. The highest BCUT2D eigenvalue weighted by Gasteiger charge is 2.18. The summed E-state index contributed by atoms with van der Waals surface area (Å²) in [5, 5.41) is 12.1. The molecule has 0 unspecified atom stereocenters. The van der Waals surface area contributed by atoms with Crippen LogP contribution in [0.3, 0.4) is 0 Å². The van der Waals surface area contributed by atoms with Gasteiger partial charge in [0.05, 0.1) is 34.2 Å². The zero-order valence-corrected chi connectivity index (χ0v) is 23.1. The van der Waals surface area contributed by atoms with E-state index in [0.717, 1.165) is 17.5 Å². The Morgan fingerprint density at radius 2 is 1.33 bits per heavy atom. The molecule has 10 heteroatoms. The van der Waals surface area contributed by atoms with Crippen molar-refractivity contribution in [1.29, 1.82) is 0 Å². The number of thioether (sulfide) groups is 1. The Balaban J connectivity index is 1.59. The van der Waals surface area contributed by atoms with E-state index in [9.17, 15) is 4.79 Å². The topological polar surface area (TPSA) is 105 Å². The predicted octanol–water partition coefficient (Wildman–Crippen LogP) is 4.69. The molecular weight excluding hydrogens is 516 g/mol. The summed E-state index contributed by atoms with van der Waals surface area (Å²) < 4.78 is 21.8. The van der Waals surface area contributed by atoms with E-state index in [2.05, 4.69) is 15.5 Å². The lowest BCUT2D eigenvalue weighted by molar-refractivity contribution is -0.118. The van der Waals surface area contributed by atoms with Crippen molar-refractivity contribution in [3.05, 3.63) is 72.3 Å². The molecule has 1 aromatic heterocycles. The summed E-state index contributed by atoms with van der Waals surface area (Å²) >= 11 is 1.22. The van der Waals surface area contributed by atoms with E-state index in [0.29, 0.717) is 46.1 Å². The fourth-order valence-corrected chi connectivity index (χ4v) is 4.52. The normalized spacial score (nSPS) is 10.6. The predicted molar refractivity (Wildman–Crippen MR) is 151 cm³/mol. The first-order chi connectivity index (χ1) is 19.1. The minimum absolute atomic E-state index is 0.101. The molecule has 0 saturated carbocycles. The van der Waals surface area contributed by atoms with Gasteiger partial charge < -0.3 is 24.3 Å². The number of carbonyl (C=O) groups is 1. The van der Waals surface area contributed by atoms with Crippen molar-refractivity contribution in [3.8, 4) is 45.5 Å². The van der Waals surface area contributed by atoms with Crippen LogP contribution in [0.25, 0.3) is 22.5 Å². The largest absolute Gasteiger partial charge is 0.493 e. The van der Waals surface area contributed by atoms with E-state index in [1.54, 1.807) is 34.5 Å². The van der Waals surface area contributed by atoms with Crippen LogP contribution >= 0.6 is 11.8 Å². The van der Waals surface area contributed by atoms with Crippen molar-refractivity contribution in [1.82, 2.24) is 20.5 Å². The highest BCUT2D eigenvalue weighted by atomic mass is 32.2. The minimum atomic E-state index is -0.101. The van der Waals surface area contributed by atoms with E-state index in [4.69, 9.17) is 23.9 Å². The maximum Gasteiger partial charge on any atom is 0.230 e. The summed E-state index contributed by atoms with van der Waals surface area (Å²) in [5.74, 6) is 2.37. The second-order valence-electron chi connectivity index (χ2n) is 8.31. The van der Waals surface area contributed by atoms with Crippen LogP contribution in [0.4, 0.5) is 0 Å². The molecule has 0 saturated heterocycles. The third-order valence-electron chi connectivity index (χ3n) is 5.89. The second-order valence-corrected chi connectivity index (χ2v) is 9.25. The van der Waals surface area contributed by atoms with Gasteiger partial charge in [-0.15, -0.1) is 10.2 Å². The van der Waals surface area contributed by atoms with Gasteiger partial charge in [-0.1, -0.05) is 42.1 Å². The average Bonchev–Trinajstić information content (AvgIpc) is 2.99. The fraction of sp³-hybridized carbons (Fsp3) is 0.241. The Kier molecular flexibility index (Phi) is 9.58. The molecule has 202 valence electrons. The first kappa shape index (κ1) is 27.7. The van der Waals surface area contributed by atoms with Crippen molar-refractivity contribution in [2.45, 2.75) is 11.6 Å². The fourth-order valence-electron chi connectivity index (χ4n) is 3.91. The number of nitrogens with one attached hydrogen (secondary N) is 1. The number of aromatic nitrogens is 3. The average molecular weight is 547 g/mol. The zero-order valence-electron chi connectivity index (χ0n) is 22.3. The van der Waals surface area contributed by atoms with Crippen LogP contribution in [0.5, 0.6) is 23.0 Å². The number of nitrogens with zero attached hydrogens (tertiary/aromatic N) is 3. The summed E-state index contributed by atoms with van der Waals surface area (Å²) in [4.78, 5) is 17.3. The van der Waals surface area contributed by atoms with Crippen molar-refractivity contribution < 1.29 is 23.7 Å². The lowest BCUT2D eigenvalue weighted by Gasteiger charge is -2.14. The summed E-state index contributed by atoms with van der Waals surface area (Å²) in [5.41, 5.74) is 3.78. The molecule has 0 bridgehead atoms. The molecule has 4 rings (SSSR count). The number of ether oxygens (including phenoxy) is 4. The van der Waals surface area contributed by atoms with Gasteiger partial charge in [0, 0.05) is 17.7 Å². The maximum atomic E-state index is 12.5. The summed E-state index contributed by atoms with van der Waals surface area (Å²) in [6, 6.07) is 21.0. The number of benzene rings is 3. The molecule has 0 radical (unpaired) electrons. The van der Waals surface area contributed by atoms with Crippen molar-refractivity contribution in [2.75, 3.05) is 40.7 Å². The van der Waals surface area contributed by atoms with E-state index in [1.165, 1.54) is 17.3 Å². The number of carbonyl (C=O) groups excluding carboxylic acids is 1. The van der Waals surface area contributed by atoms with E-state index in [1.807, 2.05) is 60.7 Å². The molecule has 1 amide bonds. The molecule has 1 heterocycles. The molecule has 0 aliphatic carbocycles. The van der Waals surface area contributed by atoms with Crippen LogP contribution in [0.2, 0.25) is 0 Å². The second kappa shape index (κ2) is 13.5. The Hall–Kier alpha value is -4.31. The number of rotatable bonds is 12. The third-order valence-corrected chi connectivity index (χ3v) is 6.73. The van der Waals surface area contributed by atoms with Gasteiger partial charge >= 0.3 is 0 Å². The Labute approximate surface area is 231 Å². The summed E-state index contributed by atoms with van der Waals surface area (Å²) in [6.45, 7) is 0.553. The third kappa shape index (κ3) is 6.97. The van der Waals surface area contributed by atoms with Gasteiger partial charge in [-0.25, -0.2) is 4.98 Å². The van der Waals surface area contributed by atoms with E-state index < -0.39 is 0 Å². The Morgan fingerprint density at radius 1 is 0.744 bits per heavy atom. The molecule has 0 aliphatic rings. The Bertz CT molecular complexity index is 1420. The molecule has 1 N–H and O–H groups in total. The SMILES string of the molecule is COc1ccc(-c2nnc(SCC(=O)NCCc3ccccc3)nc2-c2ccc(OC)c(OC)c2)cc1OC. The molecule has 3 aromatic carbocycles. The maximum absolute atomic E-state index is 12.5. The monoisotopic (exact) mass is 546 g/mol. The smallest absolute Gasteiger partial charge is 0.230 e. The molecule has 9 nitrogen and oxygen atoms in total. The molecule has 4 aromatic rings. The Morgan fingerprint density at radius 3 is 1.92 bits per heavy atom. The van der Waals surface area contributed by atoms with Gasteiger partial charge in [0.2, 0.25) is 11.1 Å². The summed E-state index contributed by atoms with van der Waals surface area (Å²) in [6.07, 6.45) is 0.763. The number of methoxy groups -OCH3 is 4. The molecule has 0 spiro atoms. The molecular formula is C29H30N4O5S. The van der Waals surface area contributed by atoms with E-state index >= 15 is 0 Å². The van der Waals surface area contributed by atoms with Gasteiger partial charge in [0.1, 0.15) is 11.4 Å². The molecule has 39 heavy (non-hydrogen) atoms. The van der Waals surface area contributed by atoms with Crippen LogP contribution in [0, 0.1) is 0 Å². The van der Waals surface area contributed by atoms with Crippen LogP contribution in [-0.2, 0) is 11.2 Å². The van der Waals surface area contributed by atoms with Crippen LogP contribution in [-0.4, -0.2) is 61.8 Å². The van der Waals surface area contributed by atoms with Crippen molar-refractivity contribution in [2.24, 2.45) is 0 Å². The van der Waals surface area contributed by atoms with Crippen molar-refractivity contribution in [3.63, 3.8) is 0 Å². The number of amides is 1. The number of hydrogen-bond acceptors (Lipinski definition) is 9. The highest BCUT2D eigenvalue weighted by Crippen LogP contribution is 2.38. The van der Waals surface area contributed by atoms with Crippen LogP contribution < -0.4 is 24.3 Å². The zero-order chi connectivity index (χ0) is 27.6. The first-order valence-corrected chi connectivity index (χ1v) is 13.2. The van der Waals surface area contributed by atoms with E-state index in [-0.39, 0.29) is 11.7 Å². The van der Waals surface area contributed by atoms with Crippen LogP contribution in [0.15, 0.2) is 71.9 Å². The van der Waals surface area contributed by atoms with Gasteiger partial charge in [-0.05, 0) is 48.4 Å². The number of hydrogen-bond donors (Lipinski definition) is 1. The van der Waals surface area contributed by atoms with Gasteiger partial charge in [0.25, 0.3) is 0 Å². The quantitative estimate of drug-likeness (QED) is 0.253. The van der Waals surface area contributed by atoms with Crippen LogP contribution in [0.1, 0.15) is 5.56 Å². The minimum Gasteiger partial charge on any atom is -0.493 e. The van der Waals surface area contributed by atoms with Crippen molar-refractivity contribution >= 4 is 17.7 Å². The van der Waals surface area contributed by atoms with Gasteiger partial charge in [-0.3, -0.25) is 4.79 Å². The standard InChI is InChI=1S/C29H30N4O5S/c1-35-22-12-10-20(16-24(22)37-3)27-28(21-11-13-23(36-2)25(17-21)38-4)32-33-29(31-27)39-18-26(34)30-15-14-19-8-6-5-7-9-19/h5-13,16-17H,14-15,18H2,1-4H3,(H,30,34). The molecule has 0 fully saturated rings. The lowest BCUT2D eigenvalue weighted by atomic mass is 10.0. The summed E-state index contributed by atoms with van der Waals surface area (Å²) in [7, 11) is 6.31. The molecule has 0 aliphatic heterocycles. The molecule has 0 atom stereocenters. The lowest BCUT2D eigenvalue weighted by Crippen LogP contribution is -2.27. The van der Waals surface area contributed by atoms with Gasteiger partial charge in [-0.2, -0.15) is 0 Å². The van der Waals surface area contributed by atoms with Gasteiger partial charge in [0.15, 0.2) is 23.0 Å².